The second-order valence-electron chi connectivity index (χ2n) is 3.95. The van der Waals surface area contributed by atoms with Crippen molar-refractivity contribution in [1.29, 1.82) is 0 Å². The number of rotatable bonds is 4. The maximum absolute atomic E-state index is 11.7. The standard InChI is InChI=1S/C13H13N3O3S/c1-19-12(18)7-8(14)6-11(17)16-13-15-9-4-2-3-5-10(9)20-13/h2-6H,7,14H2,1H3,(H,15,16,17). The van der Waals surface area contributed by atoms with Gasteiger partial charge < -0.3 is 10.5 Å². The van der Waals surface area contributed by atoms with E-state index in [0.29, 0.717) is 5.13 Å². The van der Waals surface area contributed by atoms with Crippen molar-refractivity contribution in [3.05, 3.63) is 36.0 Å². The van der Waals surface area contributed by atoms with E-state index in [9.17, 15) is 9.59 Å². The van der Waals surface area contributed by atoms with E-state index < -0.39 is 11.9 Å². The van der Waals surface area contributed by atoms with Crippen molar-refractivity contribution in [2.75, 3.05) is 12.4 Å². The summed E-state index contributed by atoms with van der Waals surface area (Å²) < 4.78 is 5.44. The Bertz CT molecular complexity index is 645. The van der Waals surface area contributed by atoms with Crippen LogP contribution in [0, 0.1) is 0 Å². The van der Waals surface area contributed by atoms with Crippen LogP contribution in [0.25, 0.3) is 10.2 Å². The summed E-state index contributed by atoms with van der Waals surface area (Å²) in [7, 11) is 1.26. The number of carbonyl (C=O) groups is 2. The second kappa shape index (κ2) is 6.16. The Morgan fingerprint density at radius 3 is 2.90 bits per heavy atom. The maximum Gasteiger partial charge on any atom is 0.311 e. The molecule has 0 aliphatic heterocycles. The molecule has 3 N–H and O–H groups in total. The molecule has 0 unspecified atom stereocenters. The molecule has 104 valence electrons. The molecule has 7 heteroatoms. The third-order valence-electron chi connectivity index (χ3n) is 2.42. The number of methoxy groups -OCH3 is 1. The lowest BCUT2D eigenvalue weighted by molar-refractivity contribution is -0.139. The van der Waals surface area contributed by atoms with Gasteiger partial charge in [-0.05, 0) is 12.1 Å². The largest absolute Gasteiger partial charge is 0.469 e. The Kier molecular flexibility index (Phi) is 4.31. The van der Waals surface area contributed by atoms with E-state index in [2.05, 4.69) is 15.0 Å². The summed E-state index contributed by atoms with van der Waals surface area (Å²) in [4.78, 5) is 27.0. The third kappa shape index (κ3) is 3.55. The number of benzene rings is 1. The Balaban J connectivity index is 2.04. The van der Waals surface area contributed by atoms with Crippen LogP contribution in [0.15, 0.2) is 36.0 Å². The molecule has 1 aromatic carbocycles. The molecule has 0 aliphatic rings. The number of nitrogens with two attached hydrogens (primary N) is 1. The van der Waals surface area contributed by atoms with Crippen LogP contribution in [0.5, 0.6) is 0 Å². The van der Waals surface area contributed by atoms with Gasteiger partial charge in [0.25, 0.3) is 5.91 Å². The lowest BCUT2D eigenvalue weighted by atomic mass is 10.3. The summed E-state index contributed by atoms with van der Waals surface area (Å²) in [5.74, 6) is -0.919. The summed E-state index contributed by atoms with van der Waals surface area (Å²) in [5, 5.41) is 3.10. The smallest absolute Gasteiger partial charge is 0.311 e. The van der Waals surface area contributed by atoms with Gasteiger partial charge in [0.2, 0.25) is 0 Å². The highest BCUT2D eigenvalue weighted by Crippen LogP contribution is 2.25. The van der Waals surface area contributed by atoms with E-state index in [1.807, 2.05) is 24.3 Å². The van der Waals surface area contributed by atoms with Gasteiger partial charge in [0.05, 0.1) is 23.7 Å². The molecule has 0 bridgehead atoms. The van der Waals surface area contributed by atoms with Crippen molar-refractivity contribution in [1.82, 2.24) is 4.98 Å². The van der Waals surface area contributed by atoms with Crippen molar-refractivity contribution in [2.45, 2.75) is 6.42 Å². The number of carbonyl (C=O) groups excluding carboxylic acids is 2. The quantitative estimate of drug-likeness (QED) is 0.659. The molecule has 1 amide bonds. The van der Waals surface area contributed by atoms with Gasteiger partial charge >= 0.3 is 5.97 Å². The van der Waals surface area contributed by atoms with Gasteiger partial charge in [0.1, 0.15) is 0 Å². The number of fused-ring (bicyclic) bond motifs is 1. The van der Waals surface area contributed by atoms with Gasteiger partial charge in [-0.3, -0.25) is 14.9 Å². The number of nitrogens with zero attached hydrogens (tertiary/aromatic N) is 1. The van der Waals surface area contributed by atoms with Gasteiger partial charge in [-0.15, -0.1) is 0 Å². The molecule has 0 aliphatic carbocycles. The van der Waals surface area contributed by atoms with Crippen LogP contribution in [0.1, 0.15) is 6.42 Å². The number of aromatic nitrogens is 1. The molecule has 0 saturated carbocycles. The van der Waals surface area contributed by atoms with Gasteiger partial charge in [-0.1, -0.05) is 23.5 Å². The second-order valence-corrected chi connectivity index (χ2v) is 4.98. The summed E-state index contributed by atoms with van der Waals surface area (Å²) >= 11 is 1.37. The SMILES string of the molecule is COC(=O)CC(N)=CC(=O)Nc1nc2ccccc2s1. The van der Waals surface area contributed by atoms with Crippen LogP contribution in [0.2, 0.25) is 0 Å². The van der Waals surface area contributed by atoms with Crippen LogP contribution in [0.3, 0.4) is 0 Å². The van der Waals surface area contributed by atoms with Crippen LogP contribution >= 0.6 is 11.3 Å². The van der Waals surface area contributed by atoms with E-state index in [4.69, 9.17) is 5.73 Å². The summed E-state index contributed by atoms with van der Waals surface area (Å²) in [6, 6.07) is 7.56. The molecule has 1 aromatic heterocycles. The molecule has 1 heterocycles. The maximum atomic E-state index is 11.7. The average Bonchev–Trinajstić information content (AvgIpc) is 2.79. The first-order valence-electron chi connectivity index (χ1n) is 5.78. The number of nitrogens with one attached hydrogen (secondary N) is 1. The zero-order chi connectivity index (χ0) is 14.5. The topological polar surface area (TPSA) is 94.3 Å². The highest BCUT2D eigenvalue weighted by atomic mass is 32.1. The lowest BCUT2D eigenvalue weighted by Crippen LogP contribution is -2.14. The number of hydrogen-bond donors (Lipinski definition) is 2. The highest BCUT2D eigenvalue weighted by Gasteiger charge is 2.08. The zero-order valence-electron chi connectivity index (χ0n) is 10.8. The minimum atomic E-state index is -0.494. The van der Waals surface area contributed by atoms with Gasteiger partial charge in [-0.2, -0.15) is 0 Å². The van der Waals surface area contributed by atoms with Crippen molar-refractivity contribution in [3.63, 3.8) is 0 Å². The number of esters is 1. The number of hydrogen-bond acceptors (Lipinski definition) is 6. The first-order chi connectivity index (χ1) is 9.58. The Morgan fingerprint density at radius 2 is 2.20 bits per heavy atom. The van der Waals surface area contributed by atoms with Crippen LogP contribution in [-0.4, -0.2) is 24.0 Å². The molecule has 2 rings (SSSR count). The first kappa shape index (κ1) is 14.0. The highest BCUT2D eigenvalue weighted by molar-refractivity contribution is 7.22. The summed E-state index contributed by atoms with van der Waals surface area (Å²) in [5.41, 5.74) is 6.52. The van der Waals surface area contributed by atoms with Crippen molar-refractivity contribution < 1.29 is 14.3 Å². The lowest BCUT2D eigenvalue weighted by Gasteiger charge is -2.00. The van der Waals surface area contributed by atoms with Crippen LogP contribution in [0.4, 0.5) is 5.13 Å². The molecule has 0 fully saturated rings. The monoisotopic (exact) mass is 291 g/mol. The molecular formula is C13H13N3O3S. The van der Waals surface area contributed by atoms with Gasteiger partial charge in [-0.25, -0.2) is 4.98 Å². The van der Waals surface area contributed by atoms with E-state index in [0.717, 1.165) is 16.3 Å². The fraction of sp³-hybridized carbons (Fsp3) is 0.154. The molecule has 20 heavy (non-hydrogen) atoms. The molecule has 6 nitrogen and oxygen atoms in total. The molecule has 0 radical (unpaired) electrons. The molecule has 0 spiro atoms. The van der Waals surface area contributed by atoms with Crippen LogP contribution in [-0.2, 0) is 14.3 Å². The number of amides is 1. The molecule has 0 atom stereocenters. The van der Waals surface area contributed by atoms with Gasteiger partial charge in [0, 0.05) is 11.8 Å². The van der Waals surface area contributed by atoms with E-state index >= 15 is 0 Å². The number of ether oxygens (including phenoxy) is 1. The Labute approximate surface area is 119 Å². The minimum absolute atomic E-state index is 0.121. The normalized spacial score (nSPS) is 11.3. The molecule has 2 aromatic rings. The first-order valence-corrected chi connectivity index (χ1v) is 6.59. The van der Waals surface area contributed by atoms with Crippen molar-refractivity contribution in [2.24, 2.45) is 5.73 Å². The number of thiazole rings is 1. The van der Waals surface area contributed by atoms with E-state index in [-0.39, 0.29) is 12.1 Å². The zero-order valence-corrected chi connectivity index (χ0v) is 11.6. The predicted molar refractivity (Wildman–Crippen MR) is 77.2 cm³/mol. The third-order valence-corrected chi connectivity index (χ3v) is 3.37. The van der Waals surface area contributed by atoms with Crippen molar-refractivity contribution in [3.8, 4) is 0 Å². The number of anilines is 1. The summed E-state index contributed by atoms with van der Waals surface area (Å²) in [6.07, 6.45) is 1.03. The fourth-order valence-electron chi connectivity index (χ4n) is 1.53. The van der Waals surface area contributed by atoms with E-state index in [1.54, 1.807) is 0 Å². The average molecular weight is 291 g/mol. The van der Waals surface area contributed by atoms with Gasteiger partial charge in [0.15, 0.2) is 5.13 Å². The molecule has 0 saturated heterocycles. The summed E-state index contributed by atoms with van der Waals surface area (Å²) in [6.45, 7) is 0. The van der Waals surface area contributed by atoms with Crippen molar-refractivity contribution >= 4 is 38.6 Å². The van der Waals surface area contributed by atoms with E-state index in [1.165, 1.54) is 18.4 Å². The Morgan fingerprint density at radius 1 is 1.45 bits per heavy atom. The predicted octanol–water partition coefficient (Wildman–Crippen LogP) is 1.64. The van der Waals surface area contributed by atoms with Crippen LogP contribution < -0.4 is 11.1 Å². The minimum Gasteiger partial charge on any atom is -0.469 e. The molecular weight excluding hydrogens is 278 g/mol. The number of para-hydroxylation sites is 1. The Hall–Kier alpha value is -2.41. The fourth-order valence-corrected chi connectivity index (χ4v) is 2.39.